The summed E-state index contributed by atoms with van der Waals surface area (Å²) in [4.78, 5) is 2.49. The van der Waals surface area contributed by atoms with Crippen LogP contribution in [-0.4, -0.2) is 0 Å². The number of anilines is 3. The molecular weight excluding hydrogens is 611 g/mol. The lowest BCUT2D eigenvalue weighted by molar-refractivity contribution is 0.661. The Bertz CT molecular complexity index is 2730. The minimum atomic E-state index is -0.155. The van der Waals surface area contributed by atoms with Crippen LogP contribution in [0.1, 0.15) is 25.0 Å². The predicted molar refractivity (Wildman–Crippen MR) is 212 cm³/mol. The molecule has 0 bridgehead atoms. The zero-order chi connectivity index (χ0) is 32.7. The zero-order valence-electron chi connectivity index (χ0n) is 27.4. The van der Waals surface area contributed by atoms with Crippen molar-refractivity contribution < 1.29 is 0 Å². The zero-order valence-corrected chi connectivity index (χ0v) is 28.3. The van der Waals surface area contributed by atoms with Crippen molar-refractivity contribution in [1.29, 1.82) is 0 Å². The van der Waals surface area contributed by atoms with Crippen LogP contribution in [0.25, 0.3) is 64.0 Å². The predicted octanol–water partition coefficient (Wildman–Crippen LogP) is 13.8. The fourth-order valence-electron chi connectivity index (χ4n) is 8.31. The van der Waals surface area contributed by atoms with Crippen molar-refractivity contribution in [2.24, 2.45) is 0 Å². The summed E-state index contributed by atoms with van der Waals surface area (Å²) in [6, 6.07) is 60.5. The molecule has 0 unspecified atom stereocenters. The second-order valence-corrected chi connectivity index (χ2v) is 14.8. The number of benzene rings is 8. The number of hydrogen-bond acceptors (Lipinski definition) is 2. The highest BCUT2D eigenvalue weighted by Crippen LogP contribution is 2.54. The lowest BCUT2D eigenvalue weighted by atomic mass is 9.81. The second-order valence-electron chi connectivity index (χ2n) is 13.7. The average molecular weight is 644 g/mol. The first-order chi connectivity index (χ1) is 24.1. The van der Waals surface area contributed by atoms with Gasteiger partial charge in [0.05, 0.1) is 5.69 Å². The summed E-state index contributed by atoms with van der Waals surface area (Å²) < 4.78 is 2.69. The van der Waals surface area contributed by atoms with Gasteiger partial charge in [-0.1, -0.05) is 141 Å². The fourth-order valence-corrected chi connectivity index (χ4v) is 9.58. The molecule has 1 aromatic heterocycles. The van der Waals surface area contributed by atoms with Gasteiger partial charge in [0.25, 0.3) is 0 Å². The van der Waals surface area contributed by atoms with Crippen molar-refractivity contribution in [3.63, 3.8) is 0 Å². The molecular formula is C47H33NS. The lowest BCUT2D eigenvalue weighted by Crippen LogP contribution is -2.20. The Labute approximate surface area is 290 Å². The fraction of sp³-hybridized carbons (Fsp3) is 0.0638. The minimum absolute atomic E-state index is 0.155. The molecule has 9 aromatic rings. The highest BCUT2D eigenvalue weighted by molar-refractivity contribution is 7.26. The topological polar surface area (TPSA) is 3.24 Å². The largest absolute Gasteiger partial charge is 0.310 e. The van der Waals surface area contributed by atoms with Gasteiger partial charge in [-0.05, 0) is 85.9 Å². The number of hydrogen-bond donors (Lipinski definition) is 0. The molecule has 0 saturated heterocycles. The molecule has 49 heavy (non-hydrogen) atoms. The smallest absolute Gasteiger partial charge is 0.0508 e. The van der Waals surface area contributed by atoms with E-state index in [0.29, 0.717) is 0 Å². The quantitative estimate of drug-likeness (QED) is 0.173. The number of fused-ring (bicyclic) bond motifs is 10. The van der Waals surface area contributed by atoms with Crippen LogP contribution < -0.4 is 4.90 Å². The Hall–Kier alpha value is -5.70. The van der Waals surface area contributed by atoms with Gasteiger partial charge in [0.2, 0.25) is 0 Å². The second kappa shape index (κ2) is 10.7. The molecule has 0 fully saturated rings. The molecule has 0 atom stereocenters. The third kappa shape index (κ3) is 4.24. The molecule has 0 radical (unpaired) electrons. The van der Waals surface area contributed by atoms with E-state index < -0.39 is 0 Å². The molecule has 0 aliphatic heterocycles. The van der Waals surface area contributed by atoms with E-state index in [-0.39, 0.29) is 5.41 Å². The highest BCUT2D eigenvalue weighted by Gasteiger charge is 2.38. The van der Waals surface area contributed by atoms with Crippen molar-refractivity contribution in [3.05, 3.63) is 175 Å². The van der Waals surface area contributed by atoms with Gasteiger partial charge < -0.3 is 4.90 Å². The lowest BCUT2D eigenvalue weighted by Gasteiger charge is -2.32. The summed E-state index contributed by atoms with van der Waals surface area (Å²) in [6.07, 6.45) is 0. The Balaban J connectivity index is 1.24. The summed E-state index contributed by atoms with van der Waals surface area (Å²) in [5, 5.41) is 7.82. The van der Waals surface area contributed by atoms with Crippen LogP contribution in [0.3, 0.4) is 0 Å². The van der Waals surface area contributed by atoms with Gasteiger partial charge in [0, 0.05) is 42.3 Å². The summed E-state index contributed by atoms with van der Waals surface area (Å²) in [7, 11) is 0. The van der Waals surface area contributed by atoms with Gasteiger partial charge in [-0.2, -0.15) is 0 Å². The molecule has 0 saturated carbocycles. The molecule has 1 nitrogen and oxygen atoms in total. The molecule has 0 spiro atoms. The van der Waals surface area contributed by atoms with Crippen LogP contribution in [0.5, 0.6) is 0 Å². The van der Waals surface area contributed by atoms with E-state index in [2.05, 4.69) is 183 Å². The van der Waals surface area contributed by atoms with Gasteiger partial charge in [0.1, 0.15) is 0 Å². The molecule has 232 valence electrons. The SMILES string of the molecule is CC1(C)c2ccccc2-c2cccc(N(c3ccc(-c4ccccc4)cc3)c3ccc4ccc5ccc6c7ccccc7sc6c5c4c3)c21. The van der Waals surface area contributed by atoms with Gasteiger partial charge in [-0.3, -0.25) is 0 Å². The van der Waals surface area contributed by atoms with Crippen LogP contribution >= 0.6 is 11.3 Å². The maximum Gasteiger partial charge on any atom is 0.0508 e. The maximum atomic E-state index is 2.49. The van der Waals surface area contributed by atoms with Gasteiger partial charge in [-0.15, -0.1) is 11.3 Å². The van der Waals surface area contributed by atoms with Crippen LogP contribution in [-0.2, 0) is 5.41 Å². The Morgan fingerprint density at radius 2 is 1.16 bits per heavy atom. The third-order valence-electron chi connectivity index (χ3n) is 10.6. The summed E-state index contributed by atoms with van der Waals surface area (Å²) in [6.45, 7) is 4.76. The van der Waals surface area contributed by atoms with Crippen LogP contribution in [0.4, 0.5) is 17.1 Å². The van der Waals surface area contributed by atoms with Crippen LogP contribution in [0.2, 0.25) is 0 Å². The maximum absolute atomic E-state index is 2.49. The Morgan fingerprint density at radius 1 is 0.490 bits per heavy atom. The van der Waals surface area contributed by atoms with E-state index in [1.807, 2.05) is 11.3 Å². The van der Waals surface area contributed by atoms with E-state index >= 15 is 0 Å². The summed E-state index contributed by atoms with van der Waals surface area (Å²) in [5.74, 6) is 0. The molecule has 1 aliphatic rings. The van der Waals surface area contributed by atoms with E-state index in [1.54, 1.807) is 0 Å². The summed E-state index contributed by atoms with van der Waals surface area (Å²) >= 11 is 1.91. The Kier molecular flexibility index (Phi) is 6.16. The number of nitrogens with zero attached hydrogens (tertiary/aromatic N) is 1. The van der Waals surface area contributed by atoms with Crippen molar-refractivity contribution in [2.75, 3.05) is 4.90 Å². The Morgan fingerprint density at radius 3 is 2.04 bits per heavy atom. The van der Waals surface area contributed by atoms with E-state index in [9.17, 15) is 0 Å². The van der Waals surface area contributed by atoms with Crippen LogP contribution in [0.15, 0.2) is 164 Å². The molecule has 1 aliphatic carbocycles. The molecule has 10 rings (SSSR count). The monoisotopic (exact) mass is 643 g/mol. The molecule has 1 heterocycles. The molecule has 8 aromatic carbocycles. The number of thiophene rings is 1. The number of rotatable bonds is 4. The van der Waals surface area contributed by atoms with Gasteiger partial charge in [-0.25, -0.2) is 0 Å². The highest BCUT2D eigenvalue weighted by atomic mass is 32.1. The molecule has 0 amide bonds. The first kappa shape index (κ1) is 28.3. The van der Waals surface area contributed by atoms with Gasteiger partial charge in [0.15, 0.2) is 0 Å². The molecule has 0 N–H and O–H groups in total. The van der Waals surface area contributed by atoms with Crippen molar-refractivity contribution in [1.82, 2.24) is 0 Å². The normalized spacial score (nSPS) is 13.3. The van der Waals surface area contributed by atoms with E-state index in [4.69, 9.17) is 0 Å². The first-order valence-electron chi connectivity index (χ1n) is 17.0. The average Bonchev–Trinajstić information content (AvgIpc) is 3.65. The van der Waals surface area contributed by atoms with Crippen molar-refractivity contribution >= 4 is 70.1 Å². The minimum Gasteiger partial charge on any atom is -0.310 e. The third-order valence-corrected chi connectivity index (χ3v) is 11.8. The van der Waals surface area contributed by atoms with E-state index in [1.165, 1.54) is 80.8 Å². The first-order valence-corrected chi connectivity index (χ1v) is 17.8. The van der Waals surface area contributed by atoms with Crippen molar-refractivity contribution in [2.45, 2.75) is 19.3 Å². The molecule has 2 heteroatoms. The summed E-state index contributed by atoms with van der Waals surface area (Å²) in [5.41, 5.74) is 11.2. The standard InChI is InChI=1S/C47H33NS/c1-47(2)41-16-8-6-13-36(41)38-15-10-17-42(45(38)47)48(34-25-21-31(22-26-34)30-11-4-3-5-12-30)35-27-23-32-19-20-33-24-28-39-37-14-7-9-18-43(37)49-46(39)44(33)40(32)29-35/h3-29H,1-2H3. The van der Waals surface area contributed by atoms with Crippen molar-refractivity contribution in [3.8, 4) is 22.3 Å². The van der Waals surface area contributed by atoms with Crippen LogP contribution in [0, 0.1) is 0 Å². The van der Waals surface area contributed by atoms with E-state index in [0.717, 1.165) is 11.4 Å². The van der Waals surface area contributed by atoms with Gasteiger partial charge >= 0.3 is 0 Å².